The number of nitrogens with one attached hydrogen (secondary N) is 1. The normalized spacial score (nSPS) is 14.8. The molecule has 1 heterocycles. The molecule has 128 valence electrons. The smallest absolute Gasteiger partial charge is 0.251 e. The predicted octanol–water partition coefficient (Wildman–Crippen LogP) is 4.03. The molecule has 25 heavy (non-hydrogen) atoms. The molecule has 2 aromatic rings. The highest BCUT2D eigenvalue weighted by molar-refractivity contribution is 9.10. The van der Waals surface area contributed by atoms with E-state index in [-0.39, 0.29) is 11.9 Å². The minimum atomic E-state index is -0.00304. The highest BCUT2D eigenvalue weighted by Gasteiger charge is 2.23. The van der Waals surface area contributed by atoms with E-state index in [1.165, 1.54) is 0 Å². The first-order valence-electron chi connectivity index (χ1n) is 8.40. The van der Waals surface area contributed by atoms with Crippen molar-refractivity contribution >= 4 is 27.5 Å². The maximum absolute atomic E-state index is 12.5. The fraction of sp³-hybridized carbons (Fsp3) is 0.300. The number of nitrogens with zero attached hydrogens (tertiary/aromatic N) is 2. The van der Waals surface area contributed by atoms with Crippen molar-refractivity contribution in [2.45, 2.75) is 25.8 Å². The van der Waals surface area contributed by atoms with Crippen LogP contribution in [0.2, 0.25) is 0 Å². The Bertz CT molecular complexity index is 820. The molecule has 0 atom stereocenters. The SMILES string of the molecule is Cc1ccccc1C(=O)NC1CCN(c2cccc(Br)c2C#N)CC1. The number of piperidine rings is 1. The van der Waals surface area contributed by atoms with Crippen molar-refractivity contribution in [3.8, 4) is 6.07 Å². The molecule has 1 amide bonds. The number of nitriles is 1. The molecule has 0 aromatic heterocycles. The second-order valence-corrected chi connectivity index (χ2v) is 7.15. The van der Waals surface area contributed by atoms with Crippen LogP contribution in [0.15, 0.2) is 46.9 Å². The lowest BCUT2D eigenvalue weighted by Gasteiger charge is -2.34. The number of anilines is 1. The Morgan fingerprint density at radius 1 is 1.20 bits per heavy atom. The molecule has 0 saturated carbocycles. The van der Waals surface area contributed by atoms with Gasteiger partial charge in [0, 0.05) is 29.2 Å². The number of benzene rings is 2. The Hall–Kier alpha value is -2.32. The van der Waals surface area contributed by atoms with Crippen LogP contribution >= 0.6 is 15.9 Å². The quantitative estimate of drug-likeness (QED) is 0.850. The number of carbonyl (C=O) groups excluding carboxylic acids is 1. The van der Waals surface area contributed by atoms with E-state index < -0.39 is 0 Å². The zero-order chi connectivity index (χ0) is 17.8. The summed E-state index contributed by atoms with van der Waals surface area (Å²) in [6.07, 6.45) is 1.74. The molecular weight excluding hydrogens is 378 g/mol. The van der Waals surface area contributed by atoms with Crippen molar-refractivity contribution in [1.82, 2.24) is 5.32 Å². The predicted molar refractivity (Wildman–Crippen MR) is 103 cm³/mol. The van der Waals surface area contributed by atoms with Gasteiger partial charge in [-0.15, -0.1) is 0 Å². The molecule has 0 unspecified atom stereocenters. The third-order valence-electron chi connectivity index (χ3n) is 4.66. The van der Waals surface area contributed by atoms with Crippen LogP contribution in [-0.2, 0) is 0 Å². The van der Waals surface area contributed by atoms with E-state index in [2.05, 4.69) is 32.2 Å². The molecule has 1 N–H and O–H groups in total. The van der Waals surface area contributed by atoms with Crippen LogP contribution in [0.3, 0.4) is 0 Å². The molecule has 1 saturated heterocycles. The van der Waals surface area contributed by atoms with E-state index in [1.807, 2.05) is 49.4 Å². The fourth-order valence-corrected chi connectivity index (χ4v) is 3.69. The van der Waals surface area contributed by atoms with E-state index in [0.717, 1.165) is 47.2 Å². The number of aryl methyl sites for hydroxylation is 1. The summed E-state index contributed by atoms with van der Waals surface area (Å²) < 4.78 is 0.822. The van der Waals surface area contributed by atoms with E-state index >= 15 is 0 Å². The summed E-state index contributed by atoms with van der Waals surface area (Å²) in [5.41, 5.74) is 3.36. The monoisotopic (exact) mass is 397 g/mol. The first-order valence-corrected chi connectivity index (χ1v) is 9.19. The van der Waals surface area contributed by atoms with Crippen LogP contribution in [0.4, 0.5) is 5.69 Å². The summed E-state index contributed by atoms with van der Waals surface area (Å²) in [4.78, 5) is 14.7. The molecule has 0 radical (unpaired) electrons. The average Bonchev–Trinajstić information content (AvgIpc) is 2.62. The Kier molecular flexibility index (Phi) is 5.40. The van der Waals surface area contributed by atoms with E-state index in [4.69, 9.17) is 0 Å². The zero-order valence-electron chi connectivity index (χ0n) is 14.1. The summed E-state index contributed by atoms with van der Waals surface area (Å²) >= 11 is 3.44. The lowest BCUT2D eigenvalue weighted by atomic mass is 10.0. The third kappa shape index (κ3) is 3.85. The van der Waals surface area contributed by atoms with Crippen LogP contribution in [0, 0.1) is 18.3 Å². The standard InChI is InChI=1S/C20H20BrN3O/c1-14-5-2-3-6-16(14)20(25)23-15-9-11-24(12-10-15)19-8-4-7-18(21)17(19)13-22/h2-8,15H,9-12H2,1H3,(H,23,25). The summed E-state index contributed by atoms with van der Waals surface area (Å²) in [5, 5.41) is 12.5. The minimum Gasteiger partial charge on any atom is -0.370 e. The van der Waals surface area contributed by atoms with Gasteiger partial charge in [0.15, 0.2) is 0 Å². The van der Waals surface area contributed by atoms with Crippen LogP contribution in [0.1, 0.15) is 34.3 Å². The van der Waals surface area contributed by atoms with Gasteiger partial charge in [0.25, 0.3) is 5.91 Å². The Balaban J connectivity index is 1.63. The first-order chi connectivity index (χ1) is 12.1. The third-order valence-corrected chi connectivity index (χ3v) is 5.32. The number of halogens is 1. The van der Waals surface area contributed by atoms with Crippen molar-refractivity contribution in [3.05, 3.63) is 63.6 Å². The maximum Gasteiger partial charge on any atom is 0.251 e. The summed E-state index contributed by atoms with van der Waals surface area (Å²) in [5.74, 6) is -0.00304. The molecule has 0 bridgehead atoms. The fourth-order valence-electron chi connectivity index (χ4n) is 3.24. The van der Waals surface area contributed by atoms with Crippen LogP contribution in [0.5, 0.6) is 0 Å². The molecule has 2 aromatic carbocycles. The van der Waals surface area contributed by atoms with Gasteiger partial charge in [-0.25, -0.2) is 0 Å². The van der Waals surface area contributed by atoms with Crippen molar-refractivity contribution in [1.29, 1.82) is 5.26 Å². The van der Waals surface area contributed by atoms with Gasteiger partial charge in [0.2, 0.25) is 0 Å². The zero-order valence-corrected chi connectivity index (χ0v) is 15.7. The van der Waals surface area contributed by atoms with Gasteiger partial charge >= 0.3 is 0 Å². The molecule has 1 aliphatic rings. The maximum atomic E-state index is 12.5. The van der Waals surface area contributed by atoms with Crippen LogP contribution in [0.25, 0.3) is 0 Å². The molecule has 0 spiro atoms. The number of amides is 1. The second kappa shape index (κ2) is 7.71. The molecule has 5 heteroatoms. The summed E-state index contributed by atoms with van der Waals surface area (Å²) in [7, 11) is 0. The van der Waals surface area contributed by atoms with Crippen LogP contribution in [-0.4, -0.2) is 25.0 Å². The van der Waals surface area contributed by atoms with Gasteiger partial charge in [-0.1, -0.05) is 24.3 Å². The average molecular weight is 398 g/mol. The van der Waals surface area contributed by atoms with Crippen molar-refractivity contribution in [2.24, 2.45) is 0 Å². The second-order valence-electron chi connectivity index (χ2n) is 6.30. The number of hydrogen-bond acceptors (Lipinski definition) is 3. The lowest BCUT2D eigenvalue weighted by molar-refractivity contribution is 0.0930. The lowest BCUT2D eigenvalue weighted by Crippen LogP contribution is -2.45. The molecule has 3 rings (SSSR count). The van der Waals surface area contributed by atoms with Crippen LogP contribution < -0.4 is 10.2 Å². The first kappa shape index (κ1) is 17.5. The number of hydrogen-bond donors (Lipinski definition) is 1. The van der Waals surface area contributed by atoms with E-state index in [0.29, 0.717) is 5.56 Å². The molecule has 1 fully saturated rings. The Morgan fingerprint density at radius 3 is 2.60 bits per heavy atom. The number of rotatable bonds is 3. The topological polar surface area (TPSA) is 56.1 Å². The molecule has 1 aliphatic heterocycles. The van der Waals surface area contributed by atoms with Gasteiger partial charge in [-0.2, -0.15) is 5.26 Å². The highest BCUT2D eigenvalue weighted by Crippen LogP contribution is 2.29. The van der Waals surface area contributed by atoms with Gasteiger partial charge in [-0.05, 0) is 59.5 Å². The molecule has 0 aliphatic carbocycles. The van der Waals surface area contributed by atoms with Gasteiger partial charge in [0.05, 0.1) is 11.3 Å². The Morgan fingerprint density at radius 2 is 1.92 bits per heavy atom. The minimum absolute atomic E-state index is 0.00304. The van der Waals surface area contributed by atoms with E-state index in [9.17, 15) is 10.1 Å². The number of carbonyl (C=O) groups is 1. The van der Waals surface area contributed by atoms with E-state index in [1.54, 1.807) is 0 Å². The molecular formula is C20H20BrN3O. The summed E-state index contributed by atoms with van der Waals surface area (Å²) in [6.45, 7) is 3.60. The summed E-state index contributed by atoms with van der Waals surface area (Å²) in [6, 6.07) is 15.9. The van der Waals surface area contributed by atoms with Crippen molar-refractivity contribution in [2.75, 3.05) is 18.0 Å². The largest absolute Gasteiger partial charge is 0.370 e. The Labute approximate surface area is 156 Å². The van der Waals surface area contributed by atoms with Crippen molar-refractivity contribution in [3.63, 3.8) is 0 Å². The van der Waals surface area contributed by atoms with Gasteiger partial charge in [-0.3, -0.25) is 4.79 Å². The van der Waals surface area contributed by atoms with Gasteiger partial charge < -0.3 is 10.2 Å². The van der Waals surface area contributed by atoms with Crippen molar-refractivity contribution < 1.29 is 4.79 Å². The highest BCUT2D eigenvalue weighted by atomic mass is 79.9. The van der Waals surface area contributed by atoms with Gasteiger partial charge in [0.1, 0.15) is 6.07 Å². The molecule has 4 nitrogen and oxygen atoms in total.